The molecule has 0 spiro atoms. The van der Waals surface area contributed by atoms with Crippen LogP contribution in [-0.4, -0.2) is 48.1 Å². The second-order valence-corrected chi connectivity index (χ2v) is 4.84. The molecule has 6 heteroatoms. The summed E-state index contributed by atoms with van der Waals surface area (Å²) in [5, 5.41) is 21.7. The van der Waals surface area contributed by atoms with E-state index < -0.39 is 6.10 Å². The first-order valence-electron chi connectivity index (χ1n) is 6.50. The minimum absolute atomic E-state index is 0.0780. The normalized spacial score (nSPS) is 17.1. The van der Waals surface area contributed by atoms with Gasteiger partial charge in [-0.1, -0.05) is 5.16 Å². The fourth-order valence-electron chi connectivity index (χ4n) is 1.80. The van der Waals surface area contributed by atoms with Crippen molar-refractivity contribution in [1.82, 2.24) is 0 Å². The van der Waals surface area contributed by atoms with Crippen molar-refractivity contribution in [3.05, 3.63) is 23.8 Å². The minimum atomic E-state index is -0.680. The van der Waals surface area contributed by atoms with Crippen LogP contribution in [0.5, 0.6) is 11.5 Å². The van der Waals surface area contributed by atoms with Gasteiger partial charge in [0.05, 0.1) is 12.7 Å². The van der Waals surface area contributed by atoms with Crippen molar-refractivity contribution in [2.45, 2.75) is 26.1 Å². The molecule has 0 fully saturated rings. The minimum Gasteiger partial charge on any atom is -0.491 e. The first-order valence-corrected chi connectivity index (χ1v) is 6.50. The molecule has 1 aliphatic rings. The maximum atomic E-state index is 9.70. The largest absolute Gasteiger partial charge is 0.491 e. The second kappa shape index (κ2) is 6.58. The molecule has 110 valence electrons. The van der Waals surface area contributed by atoms with E-state index in [9.17, 15) is 5.11 Å². The van der Waals surface area contributed by atoms with Crippen LogP contribution in [0.4, 0.5) is 0 Å². The van der Waals surface area contributed by atoms with Crippen LogP contribution in [0.15, 0.2) is 23.4 Å². The van der Waals surface area contributed by atoms with Gasteiger partial charge >= 0.3 is 0 Å². The third-order valence-electron chi connectivity index (χ3n) is 2.81. The Morgan fingerprint density at radius 3 is 2.85 bits per heavy atom. The number of oxime groups is 1. The Hall–Kier alpha value is -1.79. The summed E-state index contributed by atoms with van der Waals surface area (Å²) in [5.74, 6) is 1.20. The Kier molecular flexibility index (Phi) is 4.81. The number of rotatable bonds is 6. The van der Waals surface area contributed by atoms with Crippen molar-refractivity contribution in [2.24, 2.45) is 5.16 Å². The summed E-state index contributed by atoms with van der Waals surface area (Å²) in [6, 6.07) is 5.22. The second-order valence-electron chi connectivity index (χ2n) is 4.84. The molecule has 1 aromatic rings. The van der Waals surface area contributed by atoms with Crippen molar-refractivity contribution in [3.8, 4) is 11.5 Å². The van der Waals surface area contributed by atoms with Gasteiger partial charge < -0.3 is 24.5 Å². The molecule has 0 saturated heterocycles. The van der Waals surface area contributed by atoms with Crippen LogP contribution >= 0.6 is 0 Å². The summed E-state index contributed by atoms with van der Waals surface area (Å²) in [5.41, 5.74) is 1.25. The Bertz CT molecular complexity index is 486. The summed E-state index contributed by atoms with van der Waals surface area (Å²) in [4.78, 5) is 0. The fraction of sp³-hybridized carbons (Fsp3) is 0.500. The van der Waals surface area contributed by atoms with Crippen LogP contribution < -0.4 is 9.47 Å². The van der Waals surface area contributed by atoms with Crippen molar-refractivity contribution < 1.29 is 24.5 Å². The molecule has 20 heavy (non-hydrogen) atoms. The number of ether oxygens (including phenoxy) is 3. The van der Waals surface area contributed by atoms with E-state index in [2.05, 4.69) is 5.16 Å². The number of fused-ring (bicyclic) bond motifs is 1. The highest BCUT2D eigenvalue weighted by molar-refractivity contribution is 6.05. The van der Waals surface area contributed by atoms with Crippen molar-refractivity contribution in [3.63, 3.8) is 0 Å². The molecule has 1 aromatic carbocycles. The third kappa shape index (κ3) is 3.61. The molecule has 2 N–H and O–H groups in total. The topological polar surface area (TPSA) is 80.5 Å². The van der Waals surface area contributed by atoms with Crippen LogP contribution in [0.3, 0.4) is 0 Å². The van der Waals surface area contributed by atoms with E-state index in [0.29, 0.717) is 17.2 Å². The SMILES string of the molecule is CC(C)OCC(O)COc1ccc2c(c1)OCC2=NO. The van der Waals surface area contributed by atoms with E-state index in [0.717, 1.165) is 5.56 Å². The average molecular weight is 281 g/mol. The average Bonchev–Trinajstić information content (AvgIpc) is 2.85. The lowest BCUT2D eigenvalue weighted by atomic mass is 10.1. The van der Waals surface area contributed by atoms with E-state index in [1.165, 1.54) is 0 Å². The van der Waals surface area contributed by atoms with Gasteiger partial charge in [-0.2, -0.15) is 0 Å². The number of hydrogen-bond acceptors (Lipinski definition) is 6. The summed E-state index contributed by atoms with van der Waals surface area (Å²) < 4.78 is 16.1. The molecule has 0 amide bonds. The van der Waals surface area contributed by atoms with Crippen LogP contribution in [0.25, 0.3) is 0 Å². The van der Waals surface area contributed by atoms with Crippen LogP contribution in [0, 0.1) is 0 Å². The molecule has 0 bridgehead atoms. The molecule has 6 nitrogen and oxygen atoms in total. The van der Waals surface area contributed by atoms with E-state index in [-0.39, 0.29) is 25.9 Å². The number of nitrogens with zero attached hydrogens (tertiary/aromatic N) is 1. The van der Waals surface area contributed by atoms with E-state index in [4.69, 9.17) is 19.4 Å². The van der Waals surface area contributed by atoms with Crippen LogP contribution in [0.2, 0.25) is 0 Å². The van der Waals surface area contributed by atoms with Gasteiger partial charge in [-0.3, -0.25) is 0 Å². The van der Waals surface area contributed by atoms with Crippen LogP contribution in [-0.2, 0) is 4.74 Å². The number of aliphatic hydroxyl groups excluding tert-OH is 1. The molecule has 0 aromatic heterocycles. The highest BCUT2D eigenvalue weighted by Crippen LogP contribution is 2.29. The van der Waals surface area contributed by atoms with Gasteiger partial charge in [0, 0.05) is 11.6 Å². The van der Waals surface area contributed by atoms with Gasteiger partial charge in [-0.25, -0.2) is 0 Å². The van der Waals surface area contributed by atoms with Crippen molar-refractivity contribution in [1.29, 1.82) is 0 Å². The maximum Gasteiger partial charge on any atom is 0.134 e. The number of benzene rings is 1. The Morgan fingerprint density at radius 2 is 2.15 bits per heavy atom. The third-order valence-corrected chi connectivity index (χ3v) is 2.81. The molecular formula is C14H19NO5. The van der Waals surface area contributed by atoms with E-state index >= 15 is 0 Å². The lowest BCUT2D eigenvalue weighted by Crippen LogP contribution is -2.25. The Labute approximate surface area is 117 Å². The van der Waals surface area contributed by atoms with Crippen molar-refractivity contribution in [2.75, 3.05) is 19.8 Å². The summed E-state index contributed by atoms with van der Waals surface area (Å²) in [6.07, 6.45) is -0.602. The maximum absolute atomic E-state index is 9.70. The zero-order chi connectivity index (χ0) is 14.5. The molecule has 0 saturated carbocycles. The van der Waals surface area contributed by atoms with E-state index in [1.54, 1.807) is 18.2 Å². The smallest absolute Gasteiger partial charge is 0.134 e. The number of hydrogen-bond donors (Lipinski definition) is 2. The first kappa shape index (κ1) is 14.6. The monoisotopic (exact) mass is 281 g/mol. The molecule has 1 heterocycles. The Morgan fingerprint density at radius 1 is 1.35 bits per heavy atom. The zero-order valence-electron chi connectivity index (χ0n) is 11.6. The summed E-state index contributed by atoms with van der Waals surface area (Å²) in [7, 11) is 0. The molecule has 1 atom stereocenters. The Balaban J connectivity index is 1.89. The lowest BCUT2D eigenvalue weighted by Gasteiger charge is -2.14. The molecule has 2 rings (SSSR count). The van der Waals surface area contributed by atoms with Gasteiger partial charge in [0.15, 0.2) is 0 Å². The van der Waals surface area contributed by atoms with Crippen molar-refractivity contribution >= 4 is 5.71 Å². The predicted molar refractivity (Wildman–Crippen MR) is 72.9 cm³/mol. The van der Waals surface area contributed by atoms with Gasteiger partial charge in [0.1, 0.15) is 36.5 Å². The van der Waals surface area contributed by atoms with E-state index in [1.807, 2.05) is 13.8 Å². The van der Waals surface area contributed by atoms with Gasteiger partial charge in [0.25, 0.3) is 0 Å². The fourth-order valence-corrected chi connectivity index (χ4v) is 1.80. The number of aliphatic hydroxyl groups is 1. The van der Waals surface area contributed by atoms with Gasteiger partial charge in [-0.15, -0.1) is 0 Å². The molecule has 0 aliphatic carbocycles. The molecule has 0 radical (unpaired) electrons. The quantitative estimate of drug-likeness (QED) is 0.609. The highest BCUT2D eigenvalue weighted by atomic mass is 16.5. The summed E-state index contributed by atoms with van der Waals surface area (Å²) >= 11 is 0. The summed E-state index contributed by atoms with van der Waals surface area (Å²) in [6.45, 7) is 4.45. The van der Waals surface area contributed by atoms with Crippen LogP contribution in [0.1, 0.15) is 19.4 Å². The molecule has 1 unspecified atom stereocenters. The first-order chi connectivity index (χ1) is 9.60. The van der Waals surface area contributed by atoms with Gasteiger partial charge in [0.2, 0.25) is 0 Å². The zero-order valence-corrected chi connectivity index (χ0v) is 11.6. The molecular weight excluding hydrogens is 262 g/mol. The highest BCUT2D eigenvalue weighted by Gasteiger charge is 2.20. The predicted octanol–water partition coefficient (Wildman–Crippen LogP) is 1.42. The van der Waals surface area contributed by atoms with Gasteiger partial charge in [-0.05, 0) is 26.0 Å². The lowest BCUT2D eigenvalue weighted by molar-refractivity contribution is -0.0123. The molecule has 1 aliphatic heterocycles. The standard InChI is InChI=1S/C14H19NO5/c1-9(2)18-6-10(16)7-19-11-3-4-12-13(15-17)8-20-14(12)5-11/h3-5,9-10,16-17H,6-8H2,1-2H3.